The summed E-state index contributed by atoms with van der Waals surface area (Å²) >= 11 is 5.59. The van der Waals surface area contributed by atoms with Crippen LogP contribution < -0.4 is 4.74 Å². The molecule has 0 fully saturated rings. The normalized spacial score (nSPS) is 11.2. The fraction of sp³-hybridized carbons (Fsp3) is 0.182. The van der Waals surface area contributed by atoms with Crippen molar-refractivity contribution in [1.82, 2.24) is 0 Å². The first-order chi connectivity index (χ1) is 9.85. The molecule has 6 nitrogen and oxygen atoms in total. The molecular formula is C11H7ClF3N3O3. The van der Waals surface area contributed by atoms with Gasteiger partial charge in [0.05, 0.1) is 11.6 Å². The maximum Gasteiger partial charge on any atom is 0.387 e. The molecule has 0 saturated heterocycles. The summed E-state index contributed by atoms with van der Waals surface area (Å²) in [5.41, 5.74) is 7.80. The third-order valence-corrected chi connectivity index (χ3v) is 2.43. The van der Waals surface area contributed by atoms with Gasteiger partial charge in [-0.1, -0.05) is 16.7 Å². The van der Waals surface area contributed by atoms with E-state index in [0.29, 0.717) is 0 Å². The van der Waals surface area contributed by atoms with Gasteiger partial charge in [-0.25, -0.2) is 9.18 Å². The van der Waals surface area contributed by atoms with Crippen molar-refractivity contribution in [2.75, 3.05) is 6.54 Å². The SMILES string of the molecule is [N-]=[N+]=NC/C(=C/c1cc(F)c(OC(F)F)c(Cl)c1)C(=O)O. The molecule has 0 radical (unpaired) electrons. The predicted molar refractivity (Wildman–Crippen MR) is 67.7 cm³/mol. The molecule has 21 heavy (non-hydrogen) atoms. The molecule has 0 heterocycles. The molecule has 1 aromatic rings. The molecule has 0 aliphatic rings. The number of carboxylic acids is 1. The number of halogens is 4. The first kappa shape index (κ1) is 16.7. The highest BCUT2D eigenvalue weighted by atomic mass is 35.5. The predicted octanol–water partition coefficient (Wildman–Crippen LogP) is 3.86. The van der Waals surface area contributed by atoms with Crippen molar-refractivity contribution in [3.05, 3.63) is 44.6 Å². The summed E-state index contributed by atoms with van der Waals surface area (Å²) in [5.74, 6) is -3.40. The quantitative estimate of drug-likeness (QED) is 0.373. The molecule has 0 aliphatic heterocycles. The number of rotatable bonds is 6. The molecule has 0 unspecified atom stereocenters. The van der Waals surface area contributed by atoms with Gasteiger partial charge in [0, 0.05) is 10.5 Å². The van der Waals surface area contributed by atoms with E-state index in [4.69, 9.17) is 22.2 Å². The second kappa shape index (κ2) is 7.41. The fourth-order valence-corrected chi connectivity index (χ4v) is 1.61. The minimum Gasteiger partial charge on any atom is -0.478 e. The molecule has 1 rings (SSSR count). The van der Waals surface area contributed by atoms with Gasteiger partial charge in [0.2, 0.25) is 0 Å². The van der Waals surface area contributed by atoms with Crippen molar-refractivity contribution in [2.45, 2.75) is 6.61 Å². The molecule has 1 aromatic carbocycles. The summed E-state index contributed by atoms with van der Waals surface area (Å²) < 4.78 is 41.6. The van der Waals surface area contributed by atoms with Crippen molar-refractivity contribution in [2.24, 2.45) is 5.11 Å². The van der Waals surface area contributed by atoms with E-state index >= 15 is 0 Å². The number of alkyl halides is 2. The van der Waals surface area contributed by atoms with Crippen molar-refractivity contribution in [3.8, 4) is 5.75 Å². The molecule has 0 saturated carbocycles. The number of nitrogens with zero attached hydrogens (tertiary/aromatic N) is 3. The zero-order valence-corrected chi connectivity index (χ0v) is 10.9. The second-order valence-electron chi connectivity index (χ2n) is 3.56. The van der Waals surface area contributed by atoms with Crippen LogP contribution in [0.2, 0.25) is 5.02 Å². The van der Waals surface area contributed by atoms with E-state index in [1.54, 1.807) is 0 Å². The first-order valence-electron chi connectivity index (χ1n) is 5.23. The Kier molecular flexibility index (Phi) is 5.89. The topological polar surface area (TPSA) is 95.3 Å². The largest absolute Gasteiger partial charge is 0.478 e. The van der Waals surface area contributed by atoms with Gasteiger partial charge in [-0.2, -0.15) is 8.78 Å². The Morgan fingerprint density at radius 3 is 2.71 bits per heavy atom. The Balaban J connectivity index is 3.19. The van der Waals surface area contributed by atoms with Crippen LogP contribution in [0.1, 0.15) is 5.56 Å². The summed E-state index contributed by atoms with van der Waals surface area (Å²) in [6.45, 7) is -3.72. The van der Waals surface area contributed by atoms with Gasteiger partial charge in [-0.15, -0.1) is 0 Å². The van der Waals surface area contributed by atoms with E-state index < -0.39 is 35.7 Å². The number of benzene rings is 1. The van der Waals surface area contributed by atoms with E-state index in [1.807, 2.05) is 0 Å². The zero-order chi connectivity index (χ0) is 16.0. The monoisotopic (exact) mass is 321 g/mol. The van der Waals surface area contributed by atoms with Crippen molar-refractivity contribution in [1.29, 1.82) is 0 Å². The van der Waals surface area contributed by atoms with Gasteiger partial charge >= 0.3 is 12.6 Å². The molecule has 10 heteroatoms. The van der Waals surface area contributed by atoms with Crippen LogP contribution in [-0.4, -0.2) is 24.2 Å². The summed E-state index contributed by atoms with van der Waals surface area (Å²) in [5, 5.41) is 11.5. The minimum absolute atomic E-state index is 0.00958. The molecule has 0 spiro atoms. The molecule has 0 bridgehead atoms. The lowest BCUT2D eigenvalue weighted by atomic mass is 10.1. The van der Waals surface area contributed by atoms with Crippen LogP contribution in [0.4, 0.5) is 13.2 Å². The minimum atomic E-state index is -3.25. The molecular weight excluding hydrogens is 315 g/mol. The van der Waals surface area contributed by atoms with Gasteiger partial charge in [0.25, 0.3) is 0 Å². The van der Waals surface area contributed by atoms with E-state index in [9.17, 15) is 18.0 Å². The van der Waals surface area contributed by atoms with Gasteiger partial charge in [0.15, 0.2) is 11.6 Å². The molecule has 0 amide bonds. The van der Waals surface area contributed by atoms with Gasteiger partial charge < -0.3 is 9.84 Å². The number of carbonyl (C=O) groups is 1. The zero-order valence-electron chi connectivity index (χ0n) is 10.1. The Hall–Kier alpha value is -2.38. The smallest absolute Gasteiger partial charge is 0.387 e. The fourth-order valence-electron chi connectivity index (χ4n) is 1.35. The number of hydrogen-bond donors (Lipinski definition) is 1. The van der Waals surface area contributed by atoms with Gasteiger partial charge in [0.1, 0.15) is 0 Å². The summed E-state index contributed by atoms with van der Waals surface area (Å²) in [6.07, 6.45) is 0.998. The molecule has 0 aliphatic carbocycles. The van der Waals surface area contributed by atoms with Crippen LogP contribution >= 0.6 is 11.6 Å². The number of aliphatic carboxylic acids is 1. The van der Waals surface area contributed by atoms with E-state index in [1.165, 1.54) is 0 Å². The second-order valence-corrected chi connectivity index (χ2v) is 3.96. The van der Waals surface area contributed by atoms with Crippen molar-refractivity contribution < 1.29 is 27.8 Å². The highest BCUT2D eigenvalue weighted by molar-refractivity contribution is 6.32. The van der Waals surface area contributed by atoms with Crippen LogP contribution in [0.5, 0.6) is 5.75 Å². The average Bonchev–Trinajstić information content (AvgIpc) is 2.38. The number of carboxylic acid groups (broad SMARTS) is 1. The maximum absolute atomic E-state index is 13.6. The number of hydrogen-bond acceptors (Lipinski definition) is 3. The third kappa shape index (κ3) is 4.90. The lowest BCUT2D eigenvalue weighted by molar-refractivity contribution is -0.132. The van der Waals surface area contributed by atoms with Crippen LogP contribution in [-0.2, 0) is 4.79 Å². The highest BCUT2D eigenvalue weighted by Gasteiger charge is 2.16. The highest BCUT2D eigenvalue weighted by Crippen LogP contribution is 2.31. The number of azide groups is 1. The van der Waals surface area contributed by atoms with Gasteiger partial charge in [-0.3, -0.25) is 0 Å². The van der Waals surface area contributed by atoms with Crippen LogP contribution in [0.25, 0.3) is 16.5 Å². The first-order valence-corrected chi connectivity index (χ1v) is 5.61. The average molecular weight is 322 g/mol. The van der Waals surface area contributed by atoms with E-state index in [0.717, 1.165) is 18.2 Å². The number of ether oxygens (including phenoxy) is 1. The Morgan fingerprint density at radius 2 is 2.24 bits per heavy atom. The van der Waals surface area contributed by atoms with Crippen molar-refractivity contribution >= 4 is 23.6 Å². The molecule has 0 atom stereocenters. The standard InChI is InChI=1S/C11H7ClF3N3O3/c12-7-2-5(1-6(10(19)20)4-17-18-16)3-8(13)9(7)21-11(14)15/h1-3,11H,4H2,(H,19,20)/b6-1-. The lowest BCUT2D eigenvalue weighted by Crippen LogP contribution is -2.05. The Labute approximate surface area is 121 Å². The Morgan fingerprint density at radius 1 is 1.57 bits per heavy atom. The van der Waals surface area contributed by atoms with Gasteiger partial charge in [-0.05, 0) is 29.3 Å². The van der Waals surface area contributed by atoms with Crippen LogP contribution in [0, 0.1) is 5.82 Å². The van der Waals surface area contributed by atoms with Crippen molar-refractivity contribution in [3.63, 3.8) is 0 Å². The maximum atomic E-state index is 13.6. The third-order valence-electron chi connectivity index (χ3n) is 2.15. The molecule has 1 N–H and O–H groups in total. The summed E-state index contributed by atoms with van der Waals surface area (Å²) in [4.78, 5) is 13.3. The molecule has 0 aromatic heterocycles. The van der Waals surface area contributed by atoms with E-state index in [-0.39, 0.29) is 11.1 Å². The van der Waals surface area contributed by atoms with Crippen LogP contribution in [0.3, 0.4) is 0 Å². The summed E-state index contributed by atoms with van der Waals surface area (Å²) in [7, 11) is 0. The summed E-state index contributed by atoms with van der Waals surface area (Å²) in [6, 6.07) is 1.81. The van der Waals surface area contributed by atoms with E-state index in [2.05, 4.69) is 14.8 Å². The van der Waals surface area contributed by atoms with Crippen LogP contribution in [0.15, 0.2) is 22.8 Å². The molecule has 112 valence electrons. The Bertz CT molecular complexity index is 607. The lowest BCUT2D eigenvalue weighted by Gasteiger charge is -2.09.